The Labute approximate surface area is 47.9 Å². The Kier molecular flexibility index (Phi) is 8.42. The van der Waals surface area contributed by atoms with E-state index in [0.29, 0.717) is 0 Å². The van der Waals surface area contributed by atoms with Crippen molar-refractivity contribution in [3.05, 3.63) is 0 Å². The molecule has 0 atom stereocenters. The number of rotatable bonds is 0. The van der Waals surface area contributed by atoms with Gasteiger partial charge in [0.15, 0.2) is 0 Å². The van der Waals surface area contributed by atoms with Crippen LogP contribution in [0.25, 0.3) is 0 Å². The van der Waals surface area contributed by atoms with Crippen molar-refractivity contribution in [2.45, 2.75) is 13.7 Å². The van der Waals surface area contributed by atoms with Crippen LogP contribution in [0.15, 0.2) is 0 Å². The lowest BCUT2D eigenvalue weighted by atomic mass is 9.99. The zero-order valence-electron chi connectivity index (χ0n) is 4.83. The molecule has 0 amide bonds. The number of aliphatic carboxylic acids is 1. The van der Waals surface area contributed by atoms with E-state index in [4.69, 9.17) is 19.9 Å². The molecule has 0 saturated carbocycles. The third-order valence-corrected chi connectivity index (χ3v) is 0. The van der Waals surface area contributed by atoms with E-state index in [1.54, 1.807) is 0 Å². The summed E-state index contributed by atoms with van der Waals surface area (Å²) >= 11 is 0. The molecule has 0 aliphatic carbocycles. The predicted octanol–water partition coefficient (Wildman–Crippen LogP) is -0.820. The molecule has 0 aromatic carbocycles. The molecule has 3 N–H and O–H groups in total. The van der Waals surface area contributed by atoms with Crippen molar-refractivity contribution in [1.29, 1.82) is 0 Å². The molecule has 48 valence electrons. The second-order valence-corrected chi connectivity index (χ2v) is 1.15. The number of hydrogen-bond donors (Lipinski definition) is 3. The topological polar surface area (TPSA) is 77.8 Å². The van der Waals surface area contributed by atoms with Crippen LogP contribution in [0.4, 0.5) is 0 Å². The summed E-state index contributed by atoms with van der Waals surface area (Å²) in [6, 6.07) is 0. The molecule has 8 heavy (non-hydrogen) atoms. The quantitative estimate of drug-likeness (QED) is 0.365. The Morgan fingerprint density at radius 1 is 1.50 bits per heavy atom. The van der Waals surface area contributed by atoms with Crippen LogP contribution >= 0.6 is 0 Å². The summed E-state index contributed by atoms with van der Waals surface area (Å²) in [6.07, 6.45) is 0. The standard InChI is InChI=1S/C2H4O2.CH5BO2/c2*1-2(3)4/h1H3,(H,3,4);3-4H,1H3. The first kappa shape index (κ1) is 10.4. The highest BCUT2D eigenvalue weighted by atomic mass is 16.4. The van der Waals surface area contributed by atoms with E-state index in [0.717, 1.165) is 6.92 Å². The number of carboxylic acids is 1. The zero-order chi connectivity index (χ0) is 7.15. The first-order chi connectivity index (χ1) is 3.46. The number of carboxylic acid groups (broad SMARTS) is 1. The minimum Gasteiger partial charge on any atom is -0.481 e. The van der Waals surface area contributed by atoms with Gasteiger partial charge < -0.3 is 15.2 Å². The van der Waals surface area contributed by atoms with Crippen LogP contribution in [-0.4, -0.2) is 28.2 Å². The largest absolute Gasteiger partial charge is 0.481 e. The van der Waals surface area contributed by atoms with E-state index in [1.807, 2.05) is 0 Å². The van der Waals surface area contributed by atoms with Gasteiger partial charge in [0.1, 0.15) is 0 Å². The molecule has 0 heterocycles. The minimum atomic E-state index is -1.17. The van der Waals surface area contributed by atoms with Crippen molar-refractivity contribution >= 4 is 13.1 Å². The lowest BCUT2D eigenvalue weighted by molar-refractivity contribution is -0.134. The van der Waals surface area contributed by atoms with E-state index in [-0.39, 0.29) is 0 Å². The average Bonchev–Trinajstić information content (AvgIpc) is 1.25. The molecule has 0 radical (unpaired) electrons. The molecule has 0 bridgehead atoms. The van der Waals surface area contributed by atoms with Crippen LogP contribution in [0.2, 0.25) is 6.82 Å². The first-order valence-corrected chi connectivity index (χ1v) is 2.02. The molecule has 0 rings (SSSR count). The van der Waals surface area contributed by atoms with Crippen LogP contribution in [0.3, 0.4) is 0 Å². The van der Waals surface area contributed by atoms with Crippen molar-refractivity contribution < 1.29 is 19.9 Å². The highest BCUT2D eigenvalue weighted by molar-refractivity contribution is 6.38. The summed E-state index contributed by atoms with van der Waals surface area (Å²) in [5.74, 6) is -0.833. The highest BCUT2D eigenvalue weighted by Gasteiger charge is 1.86. The van der Waals surface area contributed by atoms with Crippen molar-refractivity contribution in [2.24, 2.45) is 0 Å². The fourth-order valence-corrected chi connectivity index (χ4v) is 0. The zero-order valence-corrected chi connectivity index (χ0v) is 4.83. The van der Waals surface area contributed by atoms with Crippen molar-refractivity contribution in [1.82, 2.24) is 0 Å². The normalized spacial score (nSPS) is 6.50. The molecule has 0 fully saturated rings. The second kappa shape index (κ2) is 6.45. The molecule has 0 aliphatic rings. The van der Waals surface area contributed by atoms with Crippen LogP contribution in [0.1, 0.15) is 6.92 Å². The van der Waals surface area contributed by atoms with Gasteiger partial charge >= 0.3 is 7.12 Å². The van der Waals surface area contributed by atoms with Crippen molar-refractivity contribution in [3.63, 3.8) is 0 Å². The van der Waals surface area contributed by atoms with Gasteiger partial charge in [-0.05, 0) is 6.82 Å². The molecule has 0 aliphatic heterocycles. The fourth-order valence-electron chi connectivity index (χ4n) is 0. The molecule has 0 aromatic rings. The molecular formula is C3H9BO4. The summed E-state index contributed by atoms with van der Waals surface area (Å²) in [4.78, 5) is 9.00. The summed E-state index contributed by atoms with van der Waals surface area (Å²) < 4.78 is 0. The third kappa shape index (κ3) is 364. The SMILES string of the molecule is CB(O)O.CC(=O)O. The maximum atomic E-state index is 9.00. The van der Waals surface area contributed by atoms with Gasteiger partial charge in [0, 0.05) is 6.92 Å². The molecule has 0 unspecified atom stereocenters. The predicted molar refractivity (Wildman–Crippen MR) is 29.4 cm³/mol. The van der Waals surface area contributed by atoms with E-state index >= 15 is 0 Å². The second-order valence-electron chi connectivity index (χ2n) is 1.15. The lowest BCUT2D eigenvalue weighted by Crippen LogP contribution is -2.00. The lowest BCUT2D eigenvalue weighted by Gasteiger charge is -1.71. The van der Waals surface area contributed by atoms with Gasteiger partial charge in [-0.15, -0.1) is 0 Å². The van der Waals surface area contributed by atoms with Crippen molar-refractivity contribution in [2.75, 3.05) is 0 Å². The number of carbonyl (C=O) groups is 1. The monoisotopic (exact) mass is 120 g/mol. The van der Waals surface area contributed by atoms with Gasteiger partial charge in [0.25, 0.3) is 5.97 Å². The van der Waals surface area contributed by atoms with Gasteiger partial charge in [-0.3, -0.25) is 4.79 Å². The van der Waals surface area contributed by atoms with Crippen LogP contribution in [0, 0.1) is 0 Å². The van der Waals surface area contributed by atoms with Gasteiger partial charge in [-0.25, -0.2) is 0 Å². The summed E-state index contributed by atoms with van der Waals surface area (Å²) in [5, 5.41) is 22.6. The van der Waals surface area contributed by atoms with Crippen LogP contribution < -0.4 is 0 Å². The van der Waals surface area contributed by atoms with Gasteiger partial charge in [0.2, 0.25) is 0 Å². The Bertz CT molecular complexity index is 55.5. The number of hydrogen-bond acceptors (Lipinski definition) is 3. The average molecular weight is 120 g/mol. The Morgan fingerprint density at radius 2 is 1.50 bits per heavy atom. The maximum Gasteiger partial charge on any atom is 0.448 e. The molecule has 0 aromatic heterocycles. The molecule has 0 saturated heterocycles. The molecule has 4 nitrogen and oxygen atoms in total. The molecule has 5 heteroatoms. The van der Waals surface area contributed by atoms with Crippen molar-refractivity contribution in [3.8, 4) is 0 Å². The smallest absolute Gasteiger partial charge is 0.448 e. The minimum absolute atomic E-state index is 0.833. The van der Waals surface area contributed by atoms with E-state index in [1.165, 1.54) is 6.82 Å². The third-order valence-electron chi connectivity index (χ3n) is 0. The first-order valence-electron chi connectivity index (χ1n) is 2.02. The summed E-state index contributed by atoms with van der Waals surface area (Å²) in [6.45, 7) is 2.36. The van der Waals surface area contributed by atoms with Gasteiger partial charge in [-0.1, -0.05) is 0 Å². The van der Waals surface area contributed by atoms with Gasteiger partial charge in [0.05, 0.1) is 0 Å². The highest BCUT2D eigenvalue weighted by Crippen LogP contribution is 1.51. The summed E-state index contributed by atoms with van der Waals surface area (Å²) in [5.41, 5.74) is 0. The Morgan fingerprint density at radius 3 is 1.50 bits per heavy atom. The maximum absolute atomic E-state index is 9.00. The molecule has 0 spiro atoms. The summed E-state index contributed by atoms with van der Waals surface area (Å²) in [7, 11) is -1.17. The molecular weight excluding hydrogens is 111 g/mol. The van der Waals surface area contributed by atoms with Crippen LogP contribution in [-0.2, 0) is 4.79 Å². The van der Waals surface area contributed by atoms with E-state index in [2.05, 4.69) is 0 Å². The van der Waals surface area contributed by atoms with E-state index < -0.39 is 13.1 Å². The Hall–Kier alpha value is -0.545. The van der Waals surface area contributed by atoms with Crippen LogP contribution in [0.5, 0.6) is 0 Å². The fraction of sp³-hybridized carbons (Fsp3) is 0.667. The Balaban J connectivity index is 0. The van der Waals surface area contributed by atoms with E-state index in [9.17, 15) is 0 Å². The van der Waals surface area contributed by atoms with Gasteiger partial charge in [-0.2, -0.15) is 0 Å².